The highest BCUT2D eigenvalue weighted by molar-refractivity contribution is 8.00. The quantitative estimate of drug-likeness (QED) is 0.841. The molecule has 3 atom stereocenters. The van der Waals surface area contributed by atoms with Gasteiger partial charge >= 0.3 is 0 Å². The molecular formula is C15H27ClN2OS. The maximum Gasteiger partial charge on any atom is 0.223 e. The number of nitrogens with one attached hydrogen (secondary N) is 1. The summed E-state index contributed by atoms with van der Waals surface area (Å²) in [6.45, 7) is 0.876. The first kappa shape index (κ1) is 16.4. The van der Waals surface area contributed by atoms with Crippen molar-refractivity contribution in [1.29, 1.82) is 0 Å². The van der Waals surface area contributed by atoms with Gasteiger partial charge in [-0.05, 0) is 56.1 Å². The highest BCUT2D eigenvalue weighted by atomic mass is 35.5. The van der Waals surface area contributed by atoms with Crippen LogP contribution in [-0.4, -0.2) is 29.5 Å². The molecule has 2 bridgehead atoms. The Morgan fingerprint density at radius 1 is 1.15 bits per heavy atom. The van der Waals surface area contributed by atoms with Crippen LogP contribution in [0, 0.1) is 17.8 Å². The van der Waals surface area contributed by atoms with E-state index in [-0.39, 0.29) is 18.3 Å². The lowest BCUT2D eigenvalue weighted by Crippen LogP contribution is -2.49. The molecule has 20 heavy (non-hydrogen) atoms. The summed E-state index contributed by atoms with van der Waals surface area (Å²) in [7, 11) is 0. The summed E-state index contributed by atoms with van der Waals surface area (Å²) in [5.74, 6) is 3.01. The van der Waals surface area contributed by atoms with Crippen LogP contribution in [0.15, 0.2) is 0 Å². The van der Waals surface area contributed by atoms with E-state index >= 15 is 0 Å². The van der Waals surface area contributed by atoms with Gasteiger partial charge in [-0.25, -0.2) is 0 Å². The predicted octanol–water partition coefficient (Wildman–Crippen LogP) is 2.57. The Morgan fingerprint density at radius 3 is 2.45 bits per heavy atom. The van der Waals surface area contributed by atoms with Gasteiger partial charge in [-0.3, -0.25) is 4.79 Å². The third-order valence-electron chi connectivity index (χ3n) is 5.31. The normalized spacial score (nSPS) is 40.0. The zero-order chi connectivity index (χ0) is 13.2. The molecule has 1 amide bonds. The van der Waals surface area contributed by atoms with Gasteiger partial charge in [-0.2, -0.15) is 11.8 Å². The fourth-order valence-corrected chi connectivity index (χ4v) is 5.37. The molecule has 3 unspecified atom stereocenters. The van der Waals surface area contributed by atoms with Crippen LogP contribution in [-0.2, 0) is 4.79 Å². The fraction of sp³-hybridized carbons (Fsp3) is 0.933. The average molecular weight is 319 g/mol. The van der Waals surface area contributed by atoms with Gasteiger partial charge in [0.1, 0.15) is 0 Å². The Hall–Kier alpha value is 0.0700. The third-order valence-corrected chi connectivity index (χ3v) is 6.71. The number of amides is 1. The van der Waals surface area contributed by atoms with Crippen molar-refractivity contribution in [3.8, 4) is 0 Å². The van der Waals surface area contributed by atoms with Gasteiger partial charge in [0, 0.05) is 23.8 Å². The monoisotopic (exact) mass is 318 g/mol. The van der Waals surface area contributed by atoms with Crippen LogP contribution in [0.3, 0.4) is 0 Å². The van der Waals surface area contributed by atoms with Crippen molar-refractivity contribution in [2.45, 2.75) is 56.2 Å². The second-order valence-corrected chi connectivity index (χ2v) is 7.99. The number of thioether (sulfide) groups is 1. The van der Waals surface area contributed by atoms with Crippen LogP contribution >= 0.6 is 24.2 Å². The Bertz CT molecular complexity index is 322. The molecule has 5 heteroatoms. The van der Waals surface area contributed by atoms with Gasteiger partial charge < -0.3 is 11.1 Å². The lowest BCUT2D eigenvalue weighted by atomic mass is 9.65. The van der Waals surface area contributed by atoms with E-state index in [2.05, 4.69) is 5.32 Å². The zero-order valence-electron chi connectivity index (χ0n) is 12.1. The summed E-state index contributed by atoms with van der Waals surface area (Å²) < 4.78 is 0. The van der Waals surface area contributed by atoms with E-state index in [1.165, 1.54) is 37.9 Å². The van der Waals surface area contributed by atoms with E-state index in [1.807, 2.05) is 11.8 Å². The lowest BCUT2D eigenvalue weighted by Gasteiger charge is -2.43. The number of carbonyl (C=O) groups is 1. The molecule has 2 saturated carbocycles. The molecule has 3 nitrogen and oxygen atoms in total. The van der Waals surface area contributed by atoms with Gasteiger partial charge in [-0.1, -0.05) is 6.42 Å². The minimum Gasteiger partial charge on any atom is -0.355 e. The first-order valence-corrected chi connectivity index (χ1v) is 8.94. The van der Waals surface area contributed by atoms with Crippen molar-refractivity contribution in [2.24, 2.45) is 23.5 Å². The number of hydrogen-bond acceptors (Lipinski definition) is 3. The molecule has 3 rings (SSSR count). The summed E-state index contributed by atoms with van der Waals surface area (Å²) in [5, 5.41) is 3.86. The van der Waals surface area contributed by atoms with Crippen molar-refractivity contribution >= 4 is 30.1 Å². The number of carbonyl (C=O) groups excluding carboxylic acids is 1. The van der Waals surface area contributed by atoms with Gasteiger partial charge in [-0.15, -0.1) is 12.4 Å². The van der Waals surface area contributed by atoms with E-state index in [9.17, 15) is 4.79 Å². The van der Waals surface area contributed by atoms with Crippen LogP contribution < -0.4 is 11.1 Å². The summed E-state index contributed by atoms with van der Waals surface area (Å²) in [5.41, 5.74) is 6.29. The van der Waals surface area contributed by atoms with Crippen LogP contribution in [0.5, 0.6) is 0 Å². The molecule has 1 saturated heterocycles. The maximum atomic E-state index is 12.3. The number of rotatable bonds is 3. The standard InChI is InChI=1S/C15H26N2OS.ClH/c16-14-10-3-1-4-11(14)8-12(7-10)15(18)17-9-13-5-2-6-19-13;/h10-14H,1-9,16H2,(H,17,18);1H. The van der Waals surface area contributed by atoms with Gasteiger partial charge in [0.2, 0.25) is 5.91 Å². The molecule has 3 aliphatic rings. The average Bonchev–Trinajstić information content (AvgIpc) is 2.88. The molecule has 3 N–H and O–H groups in total. The van der Waals surface area contributed by atoms with E-state index in [0.717, 1.165) is 19.4 Å². The summed E-state index contributed by atoms with van der Waals surface area (Å²) in [6.07, 6.45) is 8.43. The fourth-order valence-electron chi connectivity index (χ4n) is 4.17. The molecule has 116 valence electrons. The van der Waals surface area contributed by atoms with Crippen LogP contribution in [0.2, 0.25) is 0 Å². The van der Waals surface area contributed by atoms with E-state index in [4.69, 9.17) is 5.73 Å². The molecule has 0 aromatic carbocycles. The van der Waals surface area contributed by atoms with Crippen LogP contribution in [0.4, 0.5) is 0 Å². The maximum absolute atomic E-state index is 12.3. The molecule has 3 fully saturated rings. The summed E-state index contributed by atoms with van der Waals surface area (Å²) in [6, 6.07) is 0.364. The van der Waals surface area contributed by atoms with E-state index in [0.29, 0.717) is 29.0 Å². The minimum absolute atomic E-state index is 0. The zero-order valence-corrected chi connectivity index (χ0v) is 13.7. The molecular weight excluding hydrogens is 292 g/mol. The highest BCUT2D eigenvalue weighted by Gasteiger charge is 2.40. The number of hydrogen-bond donors (Lipinski definition) is 2. The van der Waals surface area contributed by atoms with Crippen molar-refractivity contribution in [2.75, 3.05) is 12.3 Å². The molecule has 0 radical (unpaired) electrons. The van der Waals surface area contributed by atoms with Crippen molar-refractivity contribution in [1.82, 2.24) is 5.32 Å². The number of halogens is 1. The van der Waals surface area contributed by atoms with Crippen LogP contribution in [0.25, 0.3) is 0 Å². The van der Waals surface area contributed by atoms with Gasteiger partial charge in [0.05, 0.1) is 0 Å². The molecule has 0 aromatic rings. The number of fused-ring (bicyclic) bond motifs is 2. The molecule has 0 spiro atoms. The van der Waals surface area contributed by atoms with Gasteiger partial charge in [0.25, 0.3) is 0 Å². The summed E-state index contributed by atoms with van der Waals surface area (Å²) >= 11 is 2.01. The van der Waals surface area contributed by atoms with Crippen molar-refractivity contribution in [3.63, 3.8) is 0 Å². The third kappa shape index (κ3) is 3.63. The van der Waals surface area contributed by atoms with Crippen molar-refractivity contribution < 1.29 is 4.79 Å². The lowest BCUT2D eigenvalue weighted by molar-refractivity contribution is -0.127. The largest absolute Gasteiger partial charge is 0.355 e. The van der Waals surface area contributed by atoms with E-state index in [1.54, 1.807) is 0 Å². The van der Waals surface area contributed by atoms with Crippen LogP contribution in [0.1, 0.15) is 44.9 Å². The Labute approximate surface area is 132 Å². The first-order valence-electron chi connectivity index (χ1n) is 7.89. The Morgan fingerprint density at radius 2 is 1.85 bits per heavy atom. The second kappa shape index (κ2) is 7.37. The predicted molar refractivity (Wildman–Crippen MR) is 87.3 cm³/mol. The molecule has 0 aromatic heterocycles. The van der Waals surface area contributed by atoms with Crippen molar-refractivity contribution in [3.05, 3.63) is 0 Å². The topological polar surface area (TPSA) is 55.1 Å². The smallest absolute Gasteiger partial charge is 0.223 e. The SMILES string of the molecule is Cl.NC1C2CCCC1CC(C(=O)NCC1CCCS1)C2. The van der Waals surface area contributed by atoms with E-state index < -0.39 is 0 Å². The first-order chi connectivity index (χ1) is 9.24. The number of nitrogens with two attached hydrogens (primary N) is 1. The Balaban J connectivity index is 0.00000147. The minimum atomic E-state index is 0. The highest BCUT2D eigenvalue weighted by Crippen LogP contribution is 2.41. The van der Waals surface area contributed by atoms with Gasteiger partial charge in [0.15, 0.2) is 0 Å². The summed E-state index contributed by atoms with van der Waals surface area (Å²) in [4.78, 5) is 12.3. The molecule has 1 aliphatic heterocycles. The molecule has 1 heterocycles. The second-order valence-electron chi connectivity index (χ2n) is 6.58. The Kier molecular flexibility index (Phi) is 6.06. The molecule has 2 aliphatic carbocycles.